The fourth-order valence-corrected chi connectivity index (χ4v) is 1.88. The monoisotopic (exact) mass is 261 g/mol. The second-order valence-corrected chi connectivity index (χ2v) is 5.39. The molecule has 0 aromatic heterocycles. The van der Waals surface area contributed by atoms with Crippen LogP contribution < -0.4 is 5.32 Å². The van der Waals surface area contributed by atoms with Gasteiger partial charge in [-0.2, -0.15) is 0 Å². The standard InChI is InChI=1S/C16H23NO2/c1-6-15(18)12-7-13(16(19)10(2)3)9-14(8-12)17-11(4)5/h7-11,17H,6H2,1-5H3. The molecule has 0 atom stereocenters. The first-order chi connectivity index (χ1) is 8.85. The van der Waals surface area contributed by atoms with Crippen molar-refractivity contribution < 1.29 is 9.59 Å². The predicted molar refractivity (Wildman–Crippen MR) is 79.0 cm³/mol. The topological polar surface area (TPSA) is 46.2 Å². The van der Waals surface area contributed by atoms with E-state index in [4.69, 9.17) is 0 Å². The van der Waals surface area contributed by atoms with Crippen LogP contribution >= 0.6 is 0 Å². The average molecular weight is 261 g/mol. The molecule has 3 nitrogen and oxygen atoms in total. The molecule has 1 rings (SSSR count). The van der Waals surface area contributed by atoms with E-state index in [0.29, 0.717) is 17.5 Å². The Morgan fingerprint density at radius 3 is 2.11 bits per heavy atom. The summed E-state index contributed by atoms with van der Waals surface area (Å²) in [5, 5.41) is 3.25. The van der Waals surface area contributed by atoms with Crippen LogP contribution in [0.1, 0.15) is 61.8 Å². The Bertz CT molecular complexity index is 476. The lowest BCUT2D eigenvalue weighted by molar-refractivity contribution is 0.0939. The van der Waals surface area contributed by atoms with Crippen LogP contribution in [0.2, 0.25) is 0 Å². The van der Waals surface area contributed by atoms with Crippen molar-refractivity contribution in [1.29, 1.82) is 0 Å². The van der Waals surface area contributed by atoms with E-state index >= 15 is 0 Å². The quantitative estimate of drug-likeness (QED) is 0.789. The Kier molecular flexibility index (Phi) is 5.28. The van der Waals surface area contributed by atoms with Crippen molar-refractivity contribution in [3.63, 3.8) is 0 Å². The van der Waals surface area contributed by atoms with Gasteiger partial charge < -0.3 is 5.32 Å². The summed E-state index contributed by atoms with van der Waals surface area (Å²) < 4.78 is 0. The Hall–Kier alpha value is -1.64. The zero-order valence-corrected chi connectivity index (χ0v) is 12.4. The lowest BCUT2D eigenvalue weighted by atomic mass is 9.96. The van der Waals surface area contributed by atoms with Gasteiger partial charge in [-0.15, -0.1) is 0 Å². The van der Waals surface area contributed by atoms with E-state index in [1.807, 2.05) is 46.8 Å². The maximum absolute atomic E-state index is 12.1. The number of ketones is 2. The minimum Gasteiger partial charge on any atom is -0.383 e. The first-order valence-electron chi connectivity index (χ1n) is 6.84. The number of Topliss-reactive ketones (excluding diaryl/α,β-unsaturated/α-hetero) is 2. The van der Waals surface area contributed by atoms with E-state index in [2.05, 4.69) is 5.32 Å². The number of carbonyl (C=O) groups is 2. The van der Waals surface area contributed by atoms with Gasteiger partial charge in [0.1, 0.15) is 0 Å². The van der Waals surface area contributed by atoms with Gasteiger partial charge in [-0.25, -0.2) is 0 Å². The van der Waals surface area contributed by atoms with Crippen molar-refractivity contribution in [1.82, 2.24) is 0 Å². The lowest BCUT2D eigenvalue weighted by Gasteiger charge is -2.14. The van der Waals surface area contributed by atoms with Gasteiger partial charge in [0, 0.05) is 35.2 Å². The maximum Gasteiger partial charge on any atom is 0.165 e. The number of rotatable bonds is 6. The smallest absolute Gasteiger partial charge is 0.165 e. The Labute approximate surface area is 115 Å². The molecule has 0 saturated carbocycles. The van der Waals surface area contributed by atoms with E-state index in [-0.39, 0.29) is 23.5 Å². The number of hydrogen-bond donors (Lipinski definition) is 1. The van der Waals surface area contributed by atoms with Crippen molar-refractivity contribution in [3.05, 3.63) is 29.3 Å². The maximum atomic E-state index is 12.1. The van der Waals surface area contributed by atoms with Crippen molar-refractivity contribution in [3.8, 4) is 0 Å². The molecule has 0 fully saturated rings. The molecular formula is C16H23NO2. The summed E-state index contributed by atoms with van der Waals surface area (Å²) in [7, 11) is 0. The van der Waals surface area contributed by atoms with Crippen LogP contribution in [0.5, 0.6) is 0 Å². The van der Waals surface area contributed by atoms with Gasteiger partial charge in [0.2, 0.25) is 0 Å². The van der Waals surface area contributed by atoms with Crippen molar-refractivity contribution in [2.24, 2.45) is 5.92 Å². The van der Waals surface area contributed by atoms with Crippen molar-refractivity contribution >= 4 is 17.3 Å². The van der Waals surface area contributed by atoms with Crippen LogP contribution in [0, 0.1) is 5.92 Å². The van der Waals surface area contributed by atoms with Crippen LogP contribution in [0.25, 0.3) is 0 Å². The van der Waals surface area contributed by atoms with E-state index < -0.39 is 0 Å². The zero-order chi connectivity index (χ0) is 14.6. The van der Waals surface area contributed by atoms with Crippen LogP contribution in [-0.4, -0.2) is 17.6 Å². The first kappa shape index (κ1) is 15.4. The molecule has 1 N–H and O–H groups in total. The molecule has 104 valence electrons. The molecule has 0 unspecified atom stereocenters. The minimum absolute atomic E-state index is 0.0604. The summed E-state index contributed by atoms with van der Waals surface area (Å²) in [6, 6.07) is 5.62. The number of benzene rings is 1. The second kappa shape index (κ2) is 6.50. The van der Waals surface area contributed by atoms with Crippen LogP contribution in [0.3, 0.4) is 0 Å². The first-order valence-corrected chi connectivity index (χ1v) is 6.84. The number of carbonyl (C=O) groups excluding carboxylic acids is 2. The van der Waals surface area contributed by atoms with E-state index in [9.17, 15) is 9.59 Å². The highest BCUT2D eigenvalue weighted by Gasteiger charge is 2.15. The molecule has 0 aliphatic carbocycles. The number of hydrogen-bond acceptors (Lipinski definition) is 3. The van der Waals surface area contributed by atoms with Gasteiger partial charge in [-0.1, -0.05) is 20.8 Å². The summed E-state index contributed by atoms with van der Waals surface area (Å²) in [6.45, 7) is 9.61. The van der Waals surface area contributed by atoms with Crippen LogP contribution in [0.4, 0.5) is 5.69 Å². The van der Waals surface area contributed by atoms with Crippen molar-refractivity contribution in [2.75, 3.05) is 5.32 Å². The highest BCUT2D eigenvalue weighted by Crippen LogP contribution is 2.20. The van der Waals surface area contributed by atoms with E-state index in [1.54, 1.807) is 6.07 Å². The Morgan fingerprint density at radius 2 is 1.63 bits per heavy atom. The fraction of sp³-hybridized carbons (Fsp3) is 0.500. The highest BCUT2D eigenvalue weighted by atomic mass is 16.1. The molecule has 0 heterocycles. The van der Waals surface area contributed by atoms with Gasteiger partial charge in [0.05, 0.1) is 0 Å². The molecule has 0 radical (unpaired) electrons. The second-order valence-electron chi connectivity index (χ2n) is 5.39. The molecule has 0 amide bonds. The average Bonchev–Trinajstić information content (AvgIpc) is 2.35. The van der Waals surface area contributed by atoms with E-state index in [0.717, 1.165) is 5.69 Å². The van der Waals surface area contributed by atoms with Gasteiger partial charge in [-0.05, 0) is 32.0 Å². The largest absolute Gasteiger partial charge is 0.383 e. The summed E-state index contributed by atoms with van der Waals surface area (Å²) in [4.78, 5) is 24.0. The summed E-state index contributed by atoms with van der Waals surface area (Å²) in [6.07, 6.45) is 0.445. The third-order valence-electron chi connectivity index (χ3n) is 2.84. The molecule has 0 spiro atoms. The normalized spacial score (nSPS) is 10.9. The van der Waals surface area contributed by atoms with Gasteiger partial charge >= 0.3 is 0 Å². The molecule has 0 bridgehead atoms. The van der Waals surface area contributed by atoms with E-state index in [1.165, 1.54) is 0 Å². The zero-order valence-electron chi connectivity index (χ0n) is 12.4. The third kappa shape index (κ3) is 4.19. The third-order valence-corrected chi connectivity index (χ3v) is 2.84. The molecular weight excluding hydrogens is 238 g/mol. The fourth-order valence-electron chi connectivity index (χ4n) is 1.88. The van der Waals surface area contributed by atoms with Crippen LogP contribution in [0.15, 0.2) is 18.2 Å². The molecule has 1 aromatic carbocycles. The summed E-state index contributed by atoms with van der Waals surface area (Å²) >= 11 is 0. The number of nitrogens with one attached hydrogen (secondary N) is 1. The van der Waals surface area contributed by atoms with Gasteiger partial charge in [0.15, 0.2) is 11.6 Å². The SMILES string of the molecule is CCC(=O)c1cc(NC(C)C)cc(C(=O)C(C)C)c1. The Morgan fingerprint density at radius 1 is 1.05 bits per heavy atom. The molecule has 1 aromatic rings. The van der Waals surface area contributed by atoms with Crippen molar-refractivity contribution in [2.45, 2.75) is 47.1 Å². The number of anilines is 1. The molecule has 0 aliphatic rings. The molecule has 19 heavy (non-hydrogen) atoms. The molecule has 0 aliphatic heterocycles. The van der Waals surface area contributed by atoms with Gasteiger partial charge in [0.25, 0.3) is 0 Å². The Balaban J connectivity index is 3.23. The predicted octanol–water partition coefficient (Wildman–Crippen LogP) is 3.94. The highest BCUT2D eigenvalue weighted by molar-refractivity contribution is 6.03. The summed E-state index contributed by atoms with van der Waals surface area (Å²) in [5.74, 6) is 0.0571. The van der Waals surface area contributed by atoms with Crippen LogP contribution in [-0.2, 0) is 0 Å². The molecule has 0 saturated heterocycles. The van der Waals surface area contributed by atoms with Gasteiger partial charge in [-0.3, -0.25) is 9.59 Å². The molecule has 3 heteroatoms. The summed E-state index contributed by atoms with van der Waals surface area (Å²) in [5.41, 5.74) is 2.05. The lowest BCUT2D eigenvalue weighted by Crippen LogP contribution is -2.13. The minimum atomic E-state index is -0.0705.